The predicted octanol–water partition coefficient (Wildman–Crippen LogP) is 4.66. The molecule has 1 fully saturated rings. The molecule has 13 nitrogen and oxygen atoms in total. The summed E-state index contributed by atoms with van der Waals surface area (Å²) in [6.07, 6.45) is 2.52. The van der Waals surface area contributed by atoms with Gasteiger partial charge in [-0.1, -0.05) is 54.1 Å². The van der Waals surface area contributed by atoms with Crippen molar-refractivity contribution in [2.24, 2.45) is 0 Å². The van der Waals surface area contributed by atoms with Crippen LogP contribution in [-0.4, -0.2) is 78.7 Å². The summed E-state index contributed by atoms with van der Waals surface area (Å²) in [5.74, 6) is -2.11. The molecule has 5 rings (SSSR count). The Kier molecular flexibility index (Phi) is 13.2. The molecule has 0 bridgehead atoms. The van der Waals surface area contributed by atoms with E-state index in [-0.39, 0.29) is 54.2 Å². The number of rotatable bonds is 16. The number of anilines is 1. The first-order valence-corrected chi connectivity index (χ1v) is 21.3. The smallest absolute Gasteiger partial charge is 0.326 e. The van der Waals surface area contributed by atoms with Gasteiger partial charge in [0.1, 0.15) is 17.1 Å². The Balaban J connectivity index is 1.04. The van der Waals surface area contributed by atoms with Crippen molar-refractivity contribution in [1.82, 2.24) is 19.7 Å². The Hall–Kier alpha value is -3.43. The van der Waals surface area contributed by atoms with Gasteiger partial charge in [-0.25, -0.2) is 22.7 Å². The minimum atomic E-state index is -3.97. The van der Waals surface area contributed by atoms with Crippen molar-refractivity contribution in [2.75, 3.05) is 30.7 Å². The molecule has 0 spiro atoms. The summed E-state index contributed by atoms with van der Waals surface area (Å²) in [6, 6.07) is 18.8. The van der Waals surface area contributed by atoms with Crippen molar-refractivity contribution < 1.29 is 37.4 Å². The van der Waals surface area contributed by atoms with Crippen LogP contribution >= 0.6 is 30.9 Å². The second kappa shape index (κ2) is 17.4. The van der Waals surface area contributed by atoms with Gasteiger partial charge < -0.3 is 25.5 Å². The van der Waals surface area contributed by atoms with Gasteiger partial charge in [-0.3, -0.25) is 14.2 Å². The summed E-state index contributed by atoms with van der Waals surface area (Å²) in [5.41, 5.74) is 2.97. The largest absolute Gasteiger partial charge is 0.480 e. The lowest BCUT2D eigenvalue weighted by Crippen LogP contribution is -2.41. The van der Waals surface area contributed by atoms with Crippen LogP contribution in [0.4, 0.5) is 5.69 Å². The summed E-state index contributed by atoms with van der Waals surface area (Å²) in [4.78, 5) is 48.5. The van der Waals surface area contributed by atoms with Crippen LogP contribution in [0.1, 0.15) is 53.6 Å². The standard InChI is InChI=1S/C34H41ClN5O8PS2/c35-26-19-27-29(50-39-31(38-27)15-12-23-7-2-1-3-8-23)20-30(26)51(47,48)37-21-24-10-13-25(14-11-24)33(42)36-16-4-5-18-49(45,46)22-32(41)40-17-6-9-28(40)34(43)44/h1-3,7-8,10-11,13-14,19-20,28,31,37-39H,4-6,9,12,15-18,21-22H2,(H,36,42)(H,43,44)(H,45,46). The Morgan fingerprint density at radius 3 is 2.51 bits per heavy atom. The zero-order chi connectivity index (χ0) is 36.6. The van der Waals surface area contributed by atoms with E-state index >= 15 is 0 Å². The third kappa shape index (κ3) is 10.8. The summed E-state index contributed by atoms with van der Waals surface area (Å²) < 4.78 is 44.9. The average Bonchev–Trinajstić information content (AvgIpc) is 3.61. The number of fused-ring (bicyclic) bond motifs is 1. The monoisotopic (exact) mass is 777 g/mol. The highest BCUT2D eigenvalue weighted by Gasteiger charge is 2.36. The van der Waals surface area contributed by atoms with E-state index in [0.29, 0.717) is 35.3 Å². The zero-order valence-corrected chi connectivity index (χ0v) is 31.0. The minimum absolute atomic E-state index is 0.0170. The summed E-state index contributed by atoms with van der Waals surface area (Å²) in [5, 5.41) is 15.5. The highest BCUT2D eigenvalue weighted by atomic mass is 35.5. The highest BCUT2D eigenvalue weighted by molar-refractivity contribution is 7.97. The number of sulfonamides is 1. The van der Waals surface area contributed by atoms with Crippen LogP contribution in [0.3, 0.4) is 0 Å². The number of aliphatic carboxylic acids is 1. The lowest BCUT2D eigenvalue weighted by Gasteiger charge is -2.28. The van der Waals surface area contributed by atoms with Crippen LogP contribution in [0, 0.1) is 0 Å². The molecule has 3 aromatic carbocycles. The van der Waals surface area contributed by atoms with Gasteiger partial charge in [0.05, 0.1) is 16.9 Å². The molecule has 2 heterocycles. The van der Waals surface area contributed by atoms with Gasteiger partial charge in [-0.05, 0) is 85.9 Å². The number of unbranched alkanes of at least 4 members (excludes halogenated alkanes) is 1. The molecule has 0 saturated carbocycles. The van der Waals surface area contributed by atoms with E-state index in [0.717, 1.165) is 23.4 Å². The van der Waals surface area contributed by atoms with Gasteiger partial charge >= 0.3 is 5.97 Å². The molecule has 17 heteroatoms. The fraction of sp³-hybridized carbons (Fsp3) is 0.382. The van der Waals surface area contributed by atoms with Crippen LogP contribution in [0.15, 0.2) is 76.5 Å². The van der Waals surface area contributed by atoms with Crippen molar-refractivity contribution in [2.45, 2.75) is 67.1 Å². The number of carboxylic acids is 1. The Morgan fingerprint density at radius 1 is 1.04 bits per heavy atom. The molecule has 3 atom stereocenters. The van der Waals surface area contributed by atoms with Crippen LogP contribution in [0.25, 0.3) is 0 Å². The predicted molar refractivity (Wildman–Crippen MR) is 197 cm³/mol. The first-order valence-electron chi connectivity index (χ1n) is 16.6. The van der Waals surface area contributed by atoms with Crippen LogP contribution in [0.5, 0.6) is 0 Å². The number of hydrogen-bond acceptors (Lipinski definition) is 9. The fourth-order valence-electron chi connectivity index (χ4n) is 5.90. The number of nitrogens with one attached hydrogen (secondary N) is 4. The van der Waals surface area contributed by atoms with Crippen molar-refractivity contribution in [1.29, 1.82) is 0 Å². The van der Waals surface area contributed by atoms with E-state index in [1.165, 1.54) is 23.6 Å². The first kappa shape index (κ1) is 38.8. The number of benzene rings is 3. The van der Waals surface area contributed by atoms with E-state index in [4.69, 9.17) is 11.6 Å². The van der Waals surface area contributed by atoms with Gasteiger partial charge in [0, 0.05) is 36.3 Å². The average molecular weight is 778 g/mol. The second-order valence-corrected chi connectivity index (χ2v) is 18.0. The number of carboxylic acid groups (broad SMARTS) is 1. The summed E-state index contributed by atoms with van der Waals surface area (Å²) in [7, 11) is -7.77. The van der Waals surface area contributed by atoms with E-state index in [2.05, 4.69) is 32.2 Å². The van der Waals surface area contributed by atoms with Gasteiger partial charge in [0.15, 0.2) is 0 Å². The van der Waals surface area contributed by atoms with Crippen molar-refractivity contribution in [3.8, 4) is 0 Å². The number of likely N-dealkylation sites (tertiary alicyclic amines) is 1. The van der Waals surface area contributed by atoms with Crippen LogP contribution in [-0.2, 0) is 37.1 Å². The number of carbonyl (C=O) groups is 3. The second-order valence-electron chi connectivity index (χ2n) is 12.5. The maximum Gasteiger partial charge on any atom is 0.326 e. The van der Waals surface area contributed by atoms with Gasteiger partial charge in [-0.15, -0.1) is 0 Å². The first-order chi connectivity index (χ1) is 24.3. The molecule has 0 aromatic heterocycles. The van der Waals surface area contributed by atoms with E-state index in [1.54, 1.807) is 30.3 Å². The quantitative estimate of drug-likeness (QED) is 0.0674. The normalized spacial score (nSPS) is 18.4. The molecule has 2 aliphatic rings. The number of aryl methyl sites for hydroxylation is 1. The topological polar surface area (TPSA) is 194 Å². The highest BCUT2D eigenvalue weighted by Crippen LogP contribution is 2.42. The molecule has 0 aliphatic carbocycles. The molecular weight excluding hydrogens is 737 g/mol. The lowest BCUT2D eigenvalue weighted by atomic mass is 10.1. The van der Waals surface area contributed by atoms with Crippen molar-refractivity contribution in [3.63, 3.8) is 0 Å². The van der Waals surface area contributed by atoms with E-state index in [9.17, 15) is 37.4 Å². The molecular formula is C34H41ClN5O8PS2. The number of hydrogen-bond donors (Lipinski definition) is 6. The van der Waals surface area contributed by atoms with Gasteiger partial charge in [0.2, 0.25) is 23.3 Å². The van der Waals surface area contributed by atoms with Crippen LogP contribution in [0.2, 0.25) is 5.02 Å². The maximum absolute atomic E-state index is 13.2. The molecule has 6 N–H and O–H groups in total. The zero-order valence-electron chi connectivity index (χ0n) is 27.7. The van der Waals surface area contributed by atoms with Crippen molar-refractivity contribution >= 4 is 64.4 Å². The Bertz CT molecular complexity index is 1890. The lowest BCUT2D eigenvalue weighted by molar-refractivity contribution is -0.147. The maximum atomic E-state index is 13.2. The number of amides is 2. The molecule has 3 aromatic rings. The minimum Gasteiger partial charge on any atom is -0.480 e. The molecule has 1 saturated heterocycles. The molecule has 274 valence electrons. The Morgan fingerprint density at radius 2 is 1.78 bits per heavy atom. The fourth-order valence-corrected chi connectivity index (χ4v) is 9.87. The van der Waals surface area contributed by atoms with Crippen molar-refractivity contribution in [3.05, 3.63) is 88.4 Å². The molecule has 2 aliphatic heterocycles. The van der Waals surface area contributed by atoms with Crippen LogP contribution < -0.4 is 20.1 Å². The van der Waals surface area contributed by atoms with E-state index in [1.807, 2.05) is 18.2 Å². The van der Waals surface area contributed by atoms with Gasteiger partial charge in [-0.2, -0.15) is 0 Å². The SMILES string of the molecule is O=C(NCCCCP(=O)(O)CC(=O)N1CCCC1C(=O)O)c1ccc(CNS(=O)(=O)c2cc3c(cc2Cl)NC(CCc2ccccc2)NS3)cc1. The molecule has 3 unspecified atom stereocenters. The number of halogens is 1. The number of nitrogens with zero attached hydrogens (tertiary/aromatic N) is 1. The van der Waals surface area contributed by atoms with Gasteiger partial charge in [0.25, 0.3) is 5.91 Å². The summed E-state index contributed by atoms with van der Waals surface area (Å²) >= 11 is 7.80. The Labute approximate surface area is 306 Å². The molecule has 2 amide bonds. The third-order valence-corrected chi connectivity index (χ3v) is 13.3. The number of carbonyl (C=O) groups excluding carboxylic acids is 2. The molecule has 51 heavy (non-hydrogen) atoms. The van der Waals surface area contributed by atoms with E-state index < -0.39 is 41.5 Å². The third-order valence-electron chi connectivity index (χ3n) is 8.67. The molecule has 0 radical (unpaired) electrons. The summed E-state index contributed by atoms with van der Waals surface area (Å²) in [6.45, 7) is 0.469.